The van der Waals surface area contributed by atoms with Crippen molar-refractivity contribution in [2.75, 3.05) is 7.11 Å². The Labute approximate surface area is 194 Å². The van der Waals surface area contributed by atoms with E-state index in [0.29, 0.717) is 23.7 Å². The van der Waals surface area contributed by atoms with E-state index < -0.39 is 10.8 Å². The van der Waals surface area contributed by atoms with E-state index in [9.17, 15) is 14.9 Å². The highest BCUT2D eigenvalue weighted by Crippen LogP contribution is 2.29. The monoisotopic (exact) mass is 459 g/mol. The van der Waals surface area contributed by atoms with Gasteiger partial charge in [-0.3, -0.25) is 19.6 Å². The summed E-state index contributed by atoms with van der Waals surface area (Å²) in [4.78, 5) is 22.1. The molecule has 0 saturated heterocycles. The first-order chi connectivity index (χ1) is 16.5. The second-order valence-corrected chi connectivity index (χ2v) is 7.28. The summed E-state index contributed by atoms with van der Waals surface area (Å²) in [5.41, 5.74) is 3.92. The predicted molar refractivity (Wildman–Crippen MR) is 126 cm³/mol. The molecule has 0 atom stereocenters. The van der Waals surface area contributed by atoms with Crippen LogP contribution >= 0.6 is 0 Å². The third-order valence-electron chi connectivity index (χ3n) is 4.99. The number of hydrazone groups is 1. The van der Waals surface area contributed by atoms with E-state index in [1.54, 1.807) is 25.3 Å². The first kappa shape index (κ1) is 22.5. The number of amides is 1. The van der Waals surface area contributed by atoms with Crippen molar-refractivity contribution >= 4 is 28.6 Å². The van der Waals surface area contributed by atoms with Gasteiger partial charge in [0.15, 0.2) is 11.5 Å². The molecule has 34 heavy (non-hydrogen) atoms. The molecule has 4 rings (SSSR count). The average Bonchev–Trinajstić information content (AvgIpc) is 3.32. The molecule has 0 radical (unpaired) electrons. The fraction of sp³-hybridized carbons (Fsp3) is 0.125. The smallest absolute Gasteiger partial charge is 0.307 e. The summed E-state index contributed by atoms with van der Waals surface area (Å²) in [5.74, 6) is 0.632. The van der Waals surface area contributed by atoms with Gasteiger partial charge in [-0.2, -0.15) is 10.2 Å². The summed E-state index contributed by atoms with van der Waals surface area (Å²) in [5, 5.41) is 20.6. The molecule has 4 aromatic rings. The highest BCUT2D eigenvalue weighted by Gasteiger charge is 2.11. The van der Waals surface area contributed by atoms with Crippen molar-refractivity contribution in [1.29, 1.82) is 0 Å². The maximum absolute atomic E-state index is 12.0. The average molecular weight is 459 g/mol. The van der Waals surface area contributed by atoms with Gasteiger partial charge >= 0.3 is 5.69 Å². The molecule has 10 heteroatoms. The Morgan fingerprint density at radius 1 is 1.18 bits per heavy atom. The third-order valence-corrected chi connectivity index (χ3v) is 4.99. The Kier molecular flexibility index (Phi) is 6.78. The van der Waals surface area contributed by atoms with Gasteiger partial charge < -0.3 is 9.47 Å². The Morgan fingerprint density at radius 3 is 2.79 bits per heavy atom. The molecule has 0 spiro atoms. The number of fused-ring (bicyclic) bond motifs is 1. The fourth-order valence-corrected chi connectivity index (χ4v) is 3.35. The lowest BCUT2D eigenvalue weighted by molar-refractivity contribution is -0.385. The van der Waals surface area contributed by atoms with Crippen LogP contribution in [0.3, 0.4) is 0 Å². The van der Waals surface area contributed by atoms with Crippen LogP contribution in [0, 0.1) is 10.1 Å². The van der Waals surface area contributed by atoms with E-state index >= 15 is 0 Å². The fourth-order valence-electron chi connectivity index (χ4n) is 3.35. The number of hydrogen-bond donors (Lipinski definition) is 1. The van der Waals surface area contributed by atoms with Crippen LogP contribution in [0.4, 0.5) is 5.69 Å². The number of nitro groups is 1. The van der Waals surface area contributed by atoms with E-state index in [1.807, 2.05) is 24.3 Å². The van der Waals surface area contributed by atoms with Crippen molar-refractivity contribution < 1.29 is 19.2 Å². The van der Waals surface area contributed by atoms with Crippen molar-refractivity contribution in [1.82, 2.24) is 15.2 Å². The number of ether oxygens (including phenoxy) is 2. The minimum absolute atomic E-state index is 0.189. The number of methoxy groups -OCH3 is 1. The van der Waals surface area contributed by atoms with E-state index in [4.69, 9.17) is 9.47 Å². The molecule has 1 N–H and O–H groups in total. The zero-order valence-electron chi connectivity index (χ0n) is 18.2. The van der Waals surface area contributed by atoms with Crippen LogP contribution in [0.25, 0.3) is 10.8 Å². The molecule has 1 amide bonds. The van der Waals surface area contributed by atoms with Gasteiger partial charge in [0, 0.05) is 0 Å². The summed E-state index contributed by atoms with van der Waals surface area (Å²) in [6.07, 6.45) is 3.71. The second kappa shape index (κ2) is 10.3. The number of nitrogens with zero attached hydrogens (tertiary/aromatic N) is 4. The van der Waals surface area contributed by atoms with Gasteiger partial charge in [0.25, 0.3) is 5.91 Å². The molecule has 0 fully saturated rings. The highest BCUT2D eigenvalue weighted by molar-refractivity contribution is 5.85. The van der Waals surface area contributed by atoms with E-state index in [2.05, 4.69) is 33.8 Å². The van der Waals surface area contributed by atoms with Crippen molar-refractivity contribution in [3.05, 3.63) is 94.3 Å². The summed E-state index contributed by atoms with van der Waals surface area (Å²) in [6, 6.07) is 19.5. The molecule has 0 unspecified atom stereocenters. The van der Waals surface area contributed by atoms with Gasteiger partial charge in [-0.15, -0.1) is 0 Å². The molecule has 3 aromatic carbocycles. The standard InChI is InChI=1S/C24H21N5O5/c1-33-23-11-17(12-25-27-24(30)15-28-14-20(13-26-28)29(31)32)9-10-22(23)34-16-19-7-4-6-18-5-2-3-8-21(18)19/h2-14H,15-16H2,1H3,(H,27,30)/b25-12+. The Morgan fingerprint density at radius 2 is 2.00 bits per heavy atom. The van der Waals surface area contributed by atoms with E-state index in [1.165, 1.54) is 12.4 Å². The molecular formula is C24H21N5O5. The number of rotatable bonds is 9. The number of benzene rings is 3. The Bertz CT molecular complexity index is 1360. The van der Waals surface area contributed by atoms with Gasteiger partial charge in [0.05, 0.1) is 18.2 Å². The summed E-state index contributed by atoms with van der Waals surface area (Å²) < 4.78 is 12.6. The van der Waals surface area contributed by atoms with E-state index in [-0.39, 0.29) is 12.2 Å². The molecule has 1 aromatic heterocycles. The lowest BCUT2D eigenvalue weighted by Gasteiger charge is -2.12. The van der Waals surface area contributed by atoms with Gasteiger partial charge in [0.1, 0.15) is 25.5 Å². The number of hydrogen-bond acceptors (Lipinski definition) is 7. The number of aromatic nitrogens is 2. The Balaban J connectivity index is 1.37. The van der Waals surface area contributed by atoms with Gasteiger partial charge in [-0.25, -0.2) is 5.43 Å². The van der Waals surface area contributed by atoms with Crippen molar-refractivity contribution in [3.8, 4) is 11.5 Å². The van der Waals surface area contributed by atoms with Gasteiger partial charge in [-0.1, -0.05) is 42.5 Å². The molecular weight excluding hydrogens is 438 g/mol. The first-order valence-corrected chi connectivity index (χ1v) is 10.3. The quantitative estimate of drug-likeness (QED) is 0.232. The third kappa shape index (κ3) is 5.36. The predicted octanol–water partition coefficient (Wildman–Crippen LogP) is 3.68. The number of carbonyl (C=O) groups is 1. The van der Waals surface area contributed by atoms with Crippen LogP contribution in [0.1, 0.15) is 11.1 Å². The van der Waals surface area contributed by atoms with Crippen molar-refractivity contribution in [3.63, 3.8) is 0 Å². The topological polar surface area (TPSA) is 121 Å². The molecule has 10 nitrogen and oxygen atoms in total. The van der Waals surface area contributed by atoms with Crippen LogP contribution in [0.2, 0.25) is 0 Å². The van der Waals surface area contributed by atoms with E-state index in [0.717, 1.165) is 27.2 Å². The summed E-state index contributed by atoms with van der Waals surface area (Å²) in [6.45, 7) is 0.183. The molecule has 0 aliphatic heterocycles. The summed E-state index contributed by atoms with van der Waals surface area (Å²) >= 11 is 0. The van der Waals surface area contributed by atoms with Crippen molar-refractivity contribution in [2.24, 2.45) is 5.10 Å². The highest BCUT2D eigenvalue weighted by atomic mass is 16.6. The maximum atomic E-state index is 12.0. The lowest BCUT2D eigenvalue weighted by atomic mass is 10.1. The number of nitrogens with one attached hydrogen (secondary N) is 1. The zero-order valence-corrected chi connectivity index (χ0v) is 18.2. The molecule has 0 aliphatic rings. The van der Waals surface area contributed by atoms with Crippen LogP contribution in [-0.4, -0.2) is 33.9 Å². The first-order valence-electron chi connectivity index (χ1n) is 10.3. The molecule has 0 saturated carbocycles. The minimum Gasteiger partial charge on any atom is -0.493 e. The minimum atomic E-state index is -0.581. The molecule has 1 heterocycles. The van der Waals surface area contributed by atoms with Crippen LogP contribution in [0.5, 0.6) is 11.5 Å². The van der Waals surface area contributed by atoms with Crippen LogP contribution in [0.15, 0.2) is 78.2 Å². The molecule has 0 aliphatic carbocycles. The second-order valence-electron chi connectivity index (χ2n) is 7.28. The normalized spacial score (nSPS) is 11.0. The van der Waals surface area contributed by atoms with Gasteiger partial charge in [0.2, 0.25) is 0 Å². The Hall–Kier alpha value is -4.73. The molecule has 172 valence electrons. The maximum Gasteiger partial charge on any atom is 0.307 e. The van der Waals surface area contributed by atoms with Gasteiger partial charge in [-0.05, 0) is 40.1 Å². The SMILES string of the molecule is COc1cc(/C=N/NC(=O)Cn2cc([N+](=O)[O-])cn2)ccc1OCc1cccc2ccccc12. The van der Waals surface area contributed by atoms with Crippen LogP contribution in [-0.2, 0) is 17.9 Å². The molecule has 0 bridgehead atoms. The summed E-state index contributed by atoms with van der Waals surface area (Å²) in [7, 11) is 1.55. The van der Waals surface area contributed by atoms with Crippen LogP contribution < -0.4 is 14.9 Å². The largest absolute Gasteiger partial charge is 0.493 e. The van der Waals surface area contributed by atoms with Crippen molar-refractivity contribution in [2.45, 2.75) is 13.2 Å². The lowest BCUT2D eigenvalue weighted by Crippen LogP contribution is -2.23. The number of carbonyl (C=O) groups excluding carboxylic acids is 1. The zero-order chi connectivity index (χ0) is 23.9.